The van der Waals surface area contributed by atoms with Crippen molar-refractivity contribution in [3.63, 3.8) is 0 Å². The topological polar surface area (TPSA) is 43.8 Å². The fourth-order valence-electron chi connectivity index (χ4n) is 2.76. The minimum Gasteiger partial charge on any atom is -0.391 e. The van der Waals surface area contributed by atoms with Crippen molar-refractivity contribution in [3.05, 3.63) is 33.8 Å². The fraction of sp³-hybridized carbons (Fsp3) is 0.533. The summed E-state index contributed by atoms with van der Waals surface area (Å²) in [6.45, 7) is 3.16. The first-order valence-corrected chi connectivity index (χ1v) is 7.57. The largest absolute Gasteiger partial charge is 0.391 e. The van der Waals surface area contributed by atoms with Crippen molar-refractivity contribution in [2.24, 2.45) is 0 Å². The number of nitrogens with zero attached hydrogens (tertiary/aromatic N) is 2. The molecule has 20 heavy (non-hydrogen) atoms. The number of rotatable bonds is 3. The molecule has 2 unspecified atom stereocenters. The molecule has 1 aliphatic heterocycles. The number of carbonyl (C=O) groups is 1. The van der Waals surface area contributed by atoms with Gasteiger partial charge in [0, 0.05) is 29.2 Å². The molecular formula is C15H21BrN2O2. The Morgan fingerprint density at radius 1 is 1.45 bits per heavy atom. The second kappa shape index (κ2) is 6.24. The van der Waals surface area contributed by atoms with E-state index in [-0.39, 0.29) is 11.9 Å². The van der Waals surface area contributed by atoms with Gasteiger partial charge in [-0.15, -0.1) is 0 Å². The number of carbonyl (C=O) groups excluding carboxylic acids is 1. The first kappa shape index (κ1) is 15.5. The number of benzene rings is 1. The molecule has 0 aromatic heterocycles. The van der Waals surface area contributed by atoms with Gasteiger partial charge in [-0.3, -0.25) is 4.79 Å². The molecule has 1 aromatic rings. The van der Waals surface area contributed by atoms with Crippen LogP contribution in [0.3, 0.4) is 0 Å². The van der Waals surface area contributed by atoms with Gasteiger partial charge in [-0.1, -0.05) is 15.9 Å². The van der Waals surface area contributed by atoms with E-state index >= 15 is 0 Å². The molecule has 1 amide bonds. The third-order valence-electron chi connectivity index (χ3n) is 3.52. The molecule has 1 aromatic carbocycles. The molecule has 2 rings (SSSR count). The number of aliphatic hydroxyl groups excluding tert-OH is 1. The number of aryl methyl sites for hydroxylation is 1. The van der Waals surface area contributed by atoms with E-state index in [2.05, 4.69) is 20.8 Å². The fourth-order valence-corrected chi connectivity index (χ4v) is 3.37. The predicted octanol–water partition coefficient (Wildman–Crippen LogP) is 1.89. The number of hydrogen-bond acceptors (Lipinski definition) is 3. The summed E-state index contributed by atoms with van der Waals surface area (Å²) in [7, 11) is 3.97. The molecule has 5 heteroatoms. The van der Waals surface area contributed by atoms with Crippen LogP contribution in [0.15, 0.2) is 22.7 Å². The Morgan fingerprint density at radius 2 is 2.15 bits per heavy atom. The molecule has 1 N–H and O–H groups in total. The van der Waals surface area contributed by atoms with Gasteiger partial charge in [0.2, 0.25) is 0 Å². The van der Waals surface area contributed by atoms with Crippen molar-refractivity contribution in [3.8, 4) is 0 Å². The Kier molecular flexibility index (Phi) is 4.83. The van der Waals surface area contributed by atoms with Gasteiger partial charge in [-0.2, -0.15) is 0 Å². The zero-order chi connectivity index (χ0) is 14.9. The van der Waals surface area contributed by atoms with Crippen molar-refractivity contribution >= 4 is 21.8 Å². The Labute approximate surface area is 128 Å². The summed E-state index contributed by atoms with van der Waals surface area (Å²) in [5.74, 6) is -0.00204. The van der Waals surface area contributed by atoms with E-state index in [9.17, 15) is 9.90 Å². The molecular weight excluding hydrogens is 320 g/mol. The van der Waals surface area contributed by atoms with Gasteiger partial charge in [-0.05, 0) is 51.2 Å². The Morgan fingerprint density at radius 3 is 2.75 bits per heavy atom. The predicted molar refractivity (Wildman–Crippen MR) is 82.9 cm³/mol. The quantitative estimate of drug-likeness (QED) is 0.913. The van der Waals surface area contributed by atoms with Crippen molar-refractivity contribution in [2.75, 3.05) is 27.2 Å². The van der Waals surface area contributed by atoms with E-state index in [0.29, 0.717) is 18.5 Å². The molecule has 1 aliphatic rings. The van der Waals surface area contributed by atoms with Crippen LogP contribution in [0.25, 0.3) is 0 Å². The van der Waals surface area contributed by atoms with E-state index < -0.39 is 6.10 Å². The summed E-state index contributed by atoms with van der Waals surface area (Å²) in [5.41, 5.74) is 1.72. The molecule has 0 radical (unpaired) electrons. The summed E-state index contributed by atoms with van der Waals surface area (Å²) in [6, 6.07) is 5.79. The van der Waals surface area contributed by atoms with Crippen LogP contribution >= 0.6 is 15.9 Å². The highest BCUT2D eigenvalue weighted by Gasteiger charge is 2.34. The van der Waals surface area contributed by atoms with Crippen LogP contribution in [0.4, 0.5) is 0 Å². The van der Waals surface area contributed by atoms with E-state index in [1.54, 1.807) is 4.90 Å². The third kappa shape index (κ3) is 3.59. The van der Waals surface area contributed by atoms with Crippen molar-refractivity contribution in [1.82, 2.24) is 9.80 Å². The van der Waals surface area contributed by atoms with Crippen molar-refractivity contribution in [2.45, 2.75) is 25.5 Å². The number of likely N-dealkylation sites (tertiary alicyclic amines) is 1. The molecule has 0 aliphatic carbocycles. The van der Waals surface area contributed by atoms with Gasteiger partial charge in [0.05, 0.1) is 6.10 Å². The first-order chi connectivity index (χ1) is 9.36. The van der Waals surface area contributed by atoms with Gasteiger partial charge >= 0.3 is 0 Å². The van der Waals surface area contributed by atoms with Gasteiger partial charge < -0.3 is 14.9 Å². The van der Waals surface area contributed by atoms with Crippen LogP contribution < -0.4 is 0 Å². The Hall–Kier alpha value is -0.910. The average Bonchev–Trinajstić information content (AvgIpc) is 2.67. The summed E-state index contributed by atoms with van der Waals surface area (Å²) >= 11 is 3.43. The second-order valence-electron chi connectivity index (χ2n) is 5.78. The maximum Gasteiger partial charge on any atom is 0.254 e. The lowest BCUT2D eigenvalue weighted by molar-refractivity contribution is 0.0699. The lowest BCUT2D eigenvalue weighted by Crippen LogP contribution is -2.41. The maximum atomic E-state index is 12.7. The van der Waals surface area contributed by atoms with Crippen LogP contribution in [0, 0.1) is 6.92 Å². The van der Waals surface area contributed by atoms with Gasteiger partial charge in [0.15, 0.2) is 0 Å². The third-order valence-corrected chi connectivity index (χ3v) is 3.98. The molecule has 0 saturated carbocycles. The second-order valence-corrected chi connectivity index (χ2v) is 6.70. The Balaban J connectivity index is 2.22. The normalized spacial score (nSPS) is 22.6. The van der Waals surface area contributed by atoms with Crippen molar-refractivity contribution < 1.29 is 9.90 Å². The summed E-state index contributed by atoms with van der Waals surface area (Å²) in [5, 5.41) is 9.87. The summed E-state index contributed by atoms with van der Waals surface area (Å²) < 4.78 is 0.907. The molecule has 110 valence electrons. The van der Waals surface area contributed by atoms with E-state index in [1.165, 1.54) is 0 Å². The molecule has 1 heterocycles. The number of amides is 1. The van der Waals surface area contributed by atoms with Crippen LogP contribution in [0.2, 0.25) is 0 Å². The van der Waals surface area contributed by atoms with Crippen LogP contribution in [-0.4, -0.2) is 60.1 Å². The van der Waals surface area contributed by atoms with E-state index in [0.717, 1.165) is 16.6 Å². The van der Waals surface area contributed by atoms with Crippen LogP contribution in [0.5, 0.6) is 0 Å². The molecule has 1 fully saturated rings. The lowest BCUT2D eigenvalue weighted by atomic mass is 10.1. The van der Waals surface area contributed by atoms with Gasteiger partial charge in [0.25, 0.3) is 5.91 Å². The molecule has 0 spiro atoms. The smallest absolute Gasteiger partial charge is 0.254 e. The van der Waals surface area contributed by atoms with E-state index in [4.69, 9.17) is 0 Å². The SMILES string of the molecule is Cc1cc(Br)cc(C(=O)N2CC(O)CC2CN(C)C)c1. The van der Waals surface area contributed by atoms with E-state index in [1.807, 2.05) is 39.2 Å². The number of aliphatic hydroxyl groups is 1. The summed E-state index contributed by atoms with van der Waals surface area (Å²) in [4.78, 5) is 16.5. The first-order valence-electron chi connectivity index (χ1n) is 6.78. The average molecular weight is 341 g/mol. The Bertz CT molecular complexity index is 484. The molecule has 0 bridgehead atoms. The van der Waals surface area contributed by atoms with Gasteiger partial charge in [-0.25, -0.2) is 0 Å². The van der Waals surface area contributed by atoms with Crippen LogP contribution in [-0.2, 0) is 0 Å². The highest BCUT2D eigenvalue weighted by atomic mass is 79.9. The minimum absolute atomic E-state index is 0.00204. The van der Waals surface area contributed by atoms with Crippen molar-refractivity contribution in [1.29, 1.82) is 0 Å². The monoisotopic (exact) mass is 340 g/mol. The zero-order valence-electron chi connectivity index (χ0n) is 12.1. The number of halogens is 1. The molecule has 2 atom stereocenters. The minimum atomic E-state index is -0.419. The van der Waals surface area contributed by atoms with Crippen LogP contribution in [0.1, 0.15) is 22.3 Å². The van der Waals surface area contributed by atoms with Gasteiger partial charge in [0.1, 0.15) is 0 Å². The zero-order valence-corrected chi connectivity index (χ0v) is 13.7. The highest BCUT2D eigenvalue weighted by molar-refractivity contribution is 9.10. The lowest BCUT2D eigenvalue weighted by Gasteiger charge is -2.27. The number of β-amino-alcohol motifs (C(OH)–C–C–N with tert-alkyl or cyclic N) is 1. The summed E-state index contributed by atoms with van der Waals surface area (Å²) in [6.07, 6.45) is 0.230. The number of likely N-dealkylation sites (N-methyl/N-ethyl adjacent to an activating group) is 1. The number of hydrogen-bond donors (Lipinski definition) is 1. The highest BCUT2D eigenvalue weighted by Crippen LogP contribution is 2.23. The molecule has 4 nitrogen and oxygen atoms in total. The maximum absolute atomic E-state index is 12.7. The molecule has 1 saturated heterocycles. The standard InChI is InChI=1S/C15H21BrN2O2/c1-10-4-11(6-12(16)5-10)15(20)18-9-14(19)7-13(18)8-17(2)3/h4-6,13-14,19H,7-9H2,1-3H3.